The molecule has 0 fully saturated rings. The van der Waals surface area contributed by atoms with E-state index in [4.69, 9.17) is 9.26 Å². The Hall–Kier alpha value is -4.46. The summed E-state index contributed by atoms with van der Waals surface area (Å²) in [6.45, 7) is 3.81. The molecule has 34 heavy (non-hydrogen) atoms. The summed E-state index contributed by atoms with van der Waals surface area (Å²) in [7, 11) is 1.59. The average Bonchev–Trinajstić information content (AvgIpc) is 3.33. The predicted octanol–water partition coefficient (Wildman–Crippen LogP) is 3.88. The number of methoxy groups -OCH3 is 1. The Morgan fingerprint density at radius 2 is 1.79 bits per heavy atom. The zero-order valence-electron chi connectivity index (χ0n) is 19.0. The van der Waals surface area contributed by atoms with Gasteiger partial charge in [0.1, 0.15) is 12.3 Å². The van der Waals surface area contributed by atoms with E-state index in [1.807, 2.05) is 50.2 Å². The second-order valence-corrected chi connectivity index (χ2v) is 8.06. The van der Waals surface area contributed by atoms with E-state index in [-0.39, 0.29) is 18.0 Å². The Balaban J connectivity index is 1.66. The second kappa shape index (κ2) is 8.47. The lowest BCUT2D eigenvalue weighted by atomic mass is 10.1. The minimum absolute atomic E-state index is 0.0153. The first-order chi connectivity index (χ1) is 16.5. The van der Waals surface area contributed by atoms with E-state index in [0.29, 0.717) is 28.2 Å². The number of para-hydroxylation sites is 1. The smallest absolute Gasteiger partial charge is 0.336 e. The molecule has 0 aliphatic carbocycles. The molecule has 8 heteroatoms. The Labute approximate surface area is 194 Å². The van der Waals surface area contributed by atoms with Crippen molar-refractivity contribution in [2.24, 2.45) is 0 Å². The molecule has 0 aliphatic rings. The van der Waals surface area contributed by atoms with Gasteiger partial charge < -0.3 is 9.26 Å². The van der Waals surface area contributed by atoms with Crippen LogP contribution in [0.2, 0.25) is 0 Å². The number of fused-ring (bicyclic) bond motifs is 1. The average molecular weight is 454 g/mol. The van der Waals surface area contributed by atoms with Crippen molar-refractivity contribution in [3.63, 3.8) is 0 Å². The first-order valence-electron chi connectivity index (χ1n) is 10.8. The highest BCUT2D eigenvalue weighted by Gasteiger charge is 2.18. The van der Waals surface area contributed by atoms with Crippen LogP contribution < -0.4 is 16.0 Å². The van der Waals surface area contributed by atoms with Crippen LogP contribution in [0.4, 0.5) is 0 Å². The monoisotopic (exact) mass is 454 g/mol. The van der Waals surface area contributed by atoms with Crippen molar-refractivity contribution in [1.29, 1.82) is 0 Å². The van der Waals surface area contributed by atoms with Crippen LogP contribution in [0.25, 0.3) is 28.0 Å². The summed E-state index contributed by atoms with van der Waals surface area (Å²) in [4.78, 5) is 31.5. The van der Waals surface area contributed by atoms with Gasteiger partial charge in [-0.05, 0) is 55.3 Å². The van der Waals surface area contributed by atoms with Crippen molar-refractivity contribution in [2.75, 3.05) is 7.11 Å². The fourth-order valence-electron chi connectivity index (χ4n) is 3.98. The largest absolute Gasteiger partial charge is 0.497 e. The van der Waals surface area contributed by atoms with Gasteiger partial charge in [-0.15, -0.1) is 0 Å². The van der Waals surface area contributed by atoms with Gasteiger partial charge in [-0.25, -0.2) is 9.36 Å². The van der Waals surface area contributed by atoms with Crippen LogP contribution in [-0.4, -0.2) is 26.4 Å². The van der Waals surface area contributed by atoms with Crippen LogP contribution in [-0.2, 0) is 6.54 Å². The Morgan fingerprint density at radius 1 is 0.971 bits per heavy atom. The minimum Gasteiger partial charge on any atom is -0.497 e. The molecule has 3 aromatic carbocycles. The molecule has 0 amide bonds. The highest BCUT2D eigenvalue weighted by molar-refractivity contribution is 5.78. The van der Waals surface area contributed by atoms with Gasteiger partial charge in [0, 0.05) is 5.56 Å². The SMILES string of the molecule is COc1cccc(-c2noc(Cn3c(=O)n(-c4cc(C)ccc4C)c(=O)c4ccccc43)n2)c1. The minimum atomic E-state index is -0.474. The maximum atomic E-state index is 13.7. The van der Waals surface area contributed by atoms with E-state index in [9.17, 15) is 9.59 Å². The molecule has 2 heterocycles. The number of hydrogen-bond acceptors (Lipinski definition) is 6. The van der Waals surface area contributed by atoms with Gasteiger partial charge >= 0.3 is 5.69 Å². The number of nitrogens with zero attached hydrogens (tertiary/aromatic N) is 4. The van der Waals surface area contributed by atoms with E-state index < -0.39 is 5.69 Å². The summed E-state index contributed by atoms with van der Waals surface area (Å²) < 4.78 is 13.4. The number of aromatic nitrogens is 4. The van der Waals surface area contributed by atoms with Crippen molar-refractivity contribution < 1.29 is 9.26 Å². The molecule has 8 nitrogen and oxygen atoms in total. The third-order valence-corrected chi connectivity index (χ3v) is 5.75. The molecule has 0 N–H and O–H groups in total. The fraction of sp³-hybridized carbons (Fsp3) is 0.154. The molecule has 170 valence electrons. The molecule has 0 saturated heterocycles. The van der Waals surface area contributed by atoms with Crippen LogP contribution in [0.1, 0.15) is 17.0 Å². The van der Waals surface area contributed by atoms with E-state index in [0.717, 1.165) is 16.7 Å². The van der Waals surface area contributed by atoms with Crippen LogP contribution in [0.15, 0.2) is 80.8 Å². The zero-order chi connectivity index (χ0) is 23.8. The molecule has 0 radical (unpaired) electrons. The maximum absolute atomic E-state index is 13.7. The van der Waals surface area contributed by atoms with Gasteiger partial charge in [0.25, 0.3) is 5.56 Å². The molecule has 5 aromatic rings. The Kier molecular flexibility index (Phi) is 5.33. The summed E-state index contributed by atoms with van der Waals surface area (Å²) in [6, 6.07) is 20.0. The molecular weight excluding hydrogens is 432 g/mol. The summed E-state index contributed by atoms with van der Waals surface area (Å²) >= 11 is 0. The Morgan fingerprint density at radius 3 is 2.62 bits per heavy atom. The molecule has 0 saturated carbocycles. The van der Waals surface area contributed by atoms with Gasteiger partial charge in [-0.1, -0.05) is 41.6 Å². The number of aryl methyl sites for hydroxylation is 2. The van der Waals surface area contributed by atoms with Crippen molar-refractivity contribution in [3.05, 3.63) is 105 Å². The molecule has 0 bridgehead atoms. The lowest BCUT2D eigenvalue weighted by Gasteiger charge is -2.14. The van der Waals surface area contributed by atoms with Crippen LogP contribution in [0.3, 0.4) is 0 Å². The lowest BCUT2D eigenvalue weighted by Crippen LogP contribution is -2.39. The molecule has 5 rings (SSSR count). The summed E-state index contributed by atoms with van der Waals surface area (Å²) in [6.07, 6.45) is 0. The predicted molar refractivity (Wildman–Crippen MR) is 129 cm³/mol. The summed E-state index contributed by atoms with van der Waals surface area (Å²) in [5.74, 6) is 1.30. The fourth-order valence-corrected chi connectivity index (χ4v) is 3.98. The van der Waals surface area contributed by atoms with Crippen LogP contribution in [0, 0.1) is 13.8 Å². The van der Waals surface area contributed by atoms with Crippen molar-refractivity contribution in [1.82, 2.24) is 19.3 Å². The van der Waals surface area contributed by atoms with Crippen molar-refractivity contribution >= 4 is 10.9 Å². The standard InChI is InChI=1S/C26H22N4O4/c1-16-11-12-17(2)22(13-16)30-25(31)20-9-4-5-10-21(20)29(26(30)32)15-23-27-24(28-34-23)18-7-6-8-19(14-18)33-3/h4-14H,15H2,1-3H3. The normalized spacial score (nSPS) is 11.1. The van der Waals surface area contributed by atoms with Crippen molar-refractivity contribution in [3.8, 4) is 22.8 Å². The van der Waals surface area contributed by atoms with Gasteiger partial charge in [0.15, 0.2) is 0 Å². The molecule has 0 atom stereocenters. The maximum Gasteiger partial charge on any atom is 0.336 e. The number of hydrogen-bond donors (Lipinski definition) is 0. The van der Waals surface area contributed by atoms with Crippen LogP contribution >= 0.6 is 0 Å². The quantitative estimate of drug-likeness (QED) is 0.400. The molecule has 0 aliphatic heterocycles. The van der Waals surface area contributed by atoms with Gasteiger partial charge in [0.2, 0.25) is 11.7 Å². The third-order valence-electron chi connectivity index (χ3n) is 5.75. The topological polar surface area (TPSA) is 92.2 Å². The molecule has 2 aromatic heterocycles. The third kappa shape index (κ3) is 3.69. The van der Waals surface area contributed by atoms with E-state index in [1.165, 1.54) is 9.13 Å². The van der Waals surface area contributed by atoms with Gasteiger partial charge in [-0.3, -0.25) is 9.36 Å². The van der Waals surface area contributed by atoms with E-state index in [2.05, 4.69) is 10.1 Å². The first-order valence-corrected chi connectivity index (χ1v) is 10.8. The van der Waals surface area contributed by atoms with E-state index >= 15 is 0 Å². The first kappa shape index (κ1) is 21.4. The number of ether oxygens (including phenoxy) is 1. The second-order valence-electron chi connectivity index (χ2n) is 8.06. The van der Waals surface area contributed by atoms with Gasteiger partial charge in [-0.2, -0.15) is 4.98 Å². The highest BCUT2D eigenvalue weighted by Crippen LogP contribution is 2.22. The van der Waals surface area contributed by atoms with Gasteiger partial charge in [0.05, 0.1) is 23.7 Å². The van der Waals surface area contributed by atoms with Crippen LogP contribution in [0.5, 0.6) is 5.75 Å². The zero-order valence-corrected chi connectivity index (χ0v) is 19.0. The molecular formula is C26H22N4O4. The molecule has 0 spiro atoms. The number of rotatable bonds is 5. The number of benzene rings is 3. The highest BCUT2D eigenvalue weighted by atomic mass is 16.5. The van der Waals surface area contributed by atoms with Crippen molar-refractivity contribution in [2.45, 2.75) is 20.4 Å². The lowest BCUT2D eigenvalue weighted by molar-refractivity contribution is 0.370. The molecule has 0 unspecified atom stereocenters. The summed E-state index contributed by atoms with van der Waals surface area (Å²) in [5, 5.41) is 4.49. The summed E-state index contributed by atoms with van der Waals surface area (Å²) in [5.41, 5.74) is 2.71. The van der Waals surface area contributed by atoms with E-state index in [1.54, 1.807) is 37.4 Å². The Bertz CT molecular complexity index is 1650.